The van der Waals surface area contributed by atoms with Crippen LogP contribution in [0.2, 0.25) is 0 Å². The topological polar surface area (TPSA) is 79.4 Å². The van der Waals surface area contributed by atoms with Crippen molar-refractivity contribution in [1.29, 1.82) is 0 Å². The first kappa shape index (κ1) is 16.1. The fourth-order valence-electron chi connectivity index (χ4n) is 3.04. The van der Waals surface area contributed by atoms with Crippen LogP contribution in [0.15, 0.2) is 85.5 Å². The number of hydrogen-bond acceptors (Lipinski definition) is 5. The van der Waals surface area contributed by atoms with Crippen molar-refractivity contribution in [2.75, 3.05) is 5.32 Å². The number of anilines is 2. The molecule has 0 atom stereocenters. The molecule has 134 valence electrons. The van der Waals surface area contributed by atoms with Crippen LogP contribution in [0.1, 0.15) is 0 Å². The summed E-state index contributed by atoms with van der Waals surface area (Å²) in [6.07, 6.45) is 7.11. The molecule has 2 N–H and O–H groups in total. The van der Waals surface area contributed by atoms with Crippen LogP contribution in [0.3, 0.4) is 0 Å². The van der Waals surface area contributed by atoms with E-state index in [1.165, 1.54) is 0 Å². The van der Waals surface area contributed by atoms with Gasteiger partial charge in [-0.1, -0.05) is 18.2 Å². The summed E-state index contributed by atoms with van der Waals surface area (Å²) in [6, 6.07) is 19.8. The van der Waals surface area contributed by atoms with Crippen molar-refractivity contribution in [3.8, 4) is 22.6 Å². The second-order valence-electron chi connectivity index (χ2n) is 6.33. The molecule has 0 aliphatic carbocycles. The normalized spacial score (nSPS) is 10.9. The lowest BCUT2D eigenvalue weighted by Crippen LogP contribution is -1.94. The Morgan fingerprint density at radius 1 is 0.786 bits per heavy atom. The largest absolute Gasteiger partial charge is 0.340 e. The third kappa shape index (κ3) is 3.19. The van der Waals surface area contributed by atoms with E-state index in [0.29, 0.717) is 0 Å². The number of fused-ring (bicyclic) bond motifs is 1. The number of nitrogens with zero attached hydrogens (tertiary/aromatic N) is 4. The number of aromatic nitrogens is 5. The summed E-state index contributed by atoms with van der Waals surface area (Å²) in [5, 5.41) is 3.34. The molecule has 0 amide bonds. The molecule has 6 nitrogen and oxygen atoms in total. The van der Waals surface area contributed by atoms with E-state index in [1.807, 2.05) is 66.9 Å². The maximum atomic E-state index is 4.61. The summed E-state index contributed by atoms with van der Waals surface area (Å²) in [5.41, 5.74) is 5.64. The van der Waals surface area contributed by atoms with Crippen LogP contribution in [0.4, 0.5) is 11.5 Å². The van der Waals surface area contributed by atoms with Gasteiger partial charge in [0.15, 0.2) is 0 Å². The van der Waals surface area contributed by atoms with Crippen LogP contribution < -0.4 is 5.32 Å². The molecule has 0 radical (unpaired) electrons. The number of pyridine rings is 3. The molecule has 0 spiro atoms. The third-order valence-corrected chi connectivity index (χ3v) is 4.42. The molecule has 4 heterocycles. The van der Waals surface area contributed by atoms with Gasteiger partial charge in [-0.25, -0.2) is 9.97 Å². The standard InChI is InChI=1S/C22H16N6/c1-2-10-24-18(6-1)16-7-8-21(25-13-16)26-17-5-3-4-15(12-17)22-27-19-9-11-23-14-20(19)28-22/h1-14H,(H,25,26)(H,27,28). The molecule has 0 saturated heterocycles. The van der Waals surface area contributed by atoms with E-state index in [2.05, 4.69) is 30.2 Å². The summed E-state index contributed by atoms with van der Waals surface area (Å²) < 4.78 is 0. The van der Waals surface area contributed by atoms with Gasteiger partial charge in [-0.2, -0.15) is 0 Å². The molecule has 6 heteroatoms. The highest BCUT2D eigenvalue weighted by molar-refractivity contribution is 5.79. The number of H-pyrrole nitrogens is 1. The summed E-state index contributed by atoms with van der Waals surface area (Å²) >= 11 is 0. The van der Waals surface area contributed by atoms with Crippen molar-refractivity contribution in [2.24, 2.45) is 0 Å². The van der Waals surface area contributed by atoms with Crippen LogP contribution in [-0.2, 0) is 0 Å². The van der Waals surface area contributed by atoms with E-state index in [4.69, 9.17) is 0 Å². The van der Waals surface area contributed by atoms with Crippen LogP contribution in [0, 0.1) is 0 Å². The van der Waals surface area contributed by atoms with Crippen molar-refractivity contribution >= 4 is 22.5 Å². The van der Waals surface area contributed by atoms with Gasteiger partial charge in [-0.3, -0.25) is 9.97 Å². The zero-order valence-electron chi connectivity index (χ0n) is 14.9. The molecule has 1 aromatic carbocycles. The number of imidazole rings is 1. The Bertz CT molecular complexity index is 1200. The number of benzene rings is 1. The number of aromatic amines is 1. The molecular formula is C22H16N6. The van der Waals surface area contributed by atoms with Crippen LogP contribution in [-0.4, -0.2) is 24.9 Å². The molecule has 4 aromatic heterocycles. The zero-order valence-corrected chi connectivity index (χ0v) is 14.9. The van der Waals surface area contributed by atoms with E-state index < -0.39 is 0 Å². The van der Waals surface area contributed by atoms with E-state index in [9.17, 15) is 0 Å². The SMILES string of the molecule is c1ccc(-c2ccc(Nc3cccc(-c4nc5cnccc5[nH]4)c3)nc2)nc1. The Kier molecular flexibility index (Phi) is 3.99. The van der Waals surface area contributed by atoms with Crippen molar-refractivity contribution in [3.63, 3.8) is 0 Å². The molecule has 5 rings (SSSR count). The fraction of sp³-hybridized carbons (Fsp3) is 0. The van der Waals surface area contributed by atoms with E-state index in [1.54, 1.807) is 18.6 Å². The maximum Gasteiger partial charge on any atom is 0.138 e. The highest BCUT2D eigenvalue weighted by Gasteiger charge is 2.06. The van der Waals surface area contributed by atoms with Gasteiger partial charge in [-0.15, -0.1) is 0 Å². The number of hydrogen-bond donors (Lipinski definition) is 2. The van der Waals surface area contributed by atoms with Crippen molar-refractivity contribution in [3.05, 3.63) is 85.5 Å². The van der Waals surface area contributed by atoms with Gasteiger partial charge in [0.25, 0.3) is 0 Å². The minimum Gasteiger partial charge on any atom is -0.340 e. The smallest absolute Gasteiger partial charge is 0.138 e. The lowest BCUT2D eigenvalue weighted by atomic mass is 10.2. The zero-order chi connectivity index (χ0) is 18.8. The van der Waals surface area contributed by atoms with Crippen LogP contribution >= 0.6 is 0 Å². The van der Waals surface area contributed by atoms with E-state index in [-0.39, 0.29) is 0 Å². The lowest BCUT2D eigenvalue weighted by molar-refractivity contribution is 1.27. The molecule has 0 fully saturated rings. The predicted molar refractivity (Wildman–Crippen MR) is 110 cm³/mol. The number of rotatable bonds is 4. The second kappa shape index (κ2) is 6.92. The molecule has 0 unspecified atom stereocenters. The molecule has 0 aliphatic rings. The van der Waals surface area contributed by atoms with Gasteiger partial charge >= 0.3 is 0 Å². The van der Waals surface area contributed by atoms with Crippen LogP contribution in [0.25, 0.3) is 33.7 Å². The molecule has 0 aliphatic heterocycles. The fourth-order valence-corrected chi connectivity index (χ4v) is 3.04. The first-order valence-electron chi connectivity index (χ1n) is 8.90. The van der Waals surface area contributed by atoms with Crippen LogP contribution in [0.5, 0.6) is 0 Å². The Balaban J connectivity index is 1.39. The lowest BCUT2D eigenvalue weighted by Gasteiger charge is -2.08. The van der Waals surface area contributed by atoms with Gasteiger partial charge in [0, 0.05) is 35.4 Å². The van der Waals surface area contributed by atoms with Gasteiger partial charge in [0.1, 0.15) is 17.2 Å². The summed E-state index contributed by atoms with van der Waals surface area (Å²) in [6.45, 7) is 0. The van der Waals surface area contributed by atoms with Gasteiger partial charge < -0.3 is 10.3 Å². The van der Waals surface area contributed by atoms with Crippen molar-refractivity contribution in [1.82, 2.24) is 24.9 Å². The minimum atomic E-state index is 0.769. The molecule has 5 aromatic rings. The summed E-state index contributed by atoms with van der Waals surface area (Å²) in [7, 11) is 0. The minimum absolute atomic E-state index is 0.769. The first-order chi connectivity index (χ1) is 13.8. The first-order valence-corrected chi connectivity index (χ1v) is 8.90. The average molecular weight is 364 g/mol. The van der Waals surface area contributed by atoms with Crippen molar-refractivity contribution < 1.29 is 0 Å². The van der Waals surface area contributed by atoms with Crippen molar-refractivity contribution in [2.45, 2.75) is 0 Å². The quantitative estimate of drug-likeness (QED) is 0.478. The number of nitrogens with one attached hydrogen (secondary N) is 2. The average Bonchev–Trinajstić information content (AvgIpc) is 3.20. The molecule has 28 heavy (non-hydrogen) atoms. The Morgan fingerprint density at radius 2 is 1.79 bits per heavy atom. The monoisotopic (exact) mass is 364 g/mol. The van der Waals surface area contributed by atoms with Gasteiger partial charge in [-0.05, 0) is 42.5 Å². The molecule has 0 saturated carbocycles. The molecule has 0 bridgehead atoms. The second-order valence-corrected chi connectivity index (χ2v) is 6.33. The Labute approximate surface area is 161 Å². The highest BCUT2D eigenvalue weighted by Crippen LogP contribution is 2.25. The van der Waals surface area contributed by atoms with E-state index in [0.717, 1.165) is 45.2 Å². The summed E-state index contributed by atoms with van der Waals surface area (Å²) in [5.74, 6) is 1.58. The third-order valence-electron chi connectivity index (χ3n) is 4.42. The Morgan fingerprint density at radius 3 is 2.61 bits per heavy atom. The Hall–Kier alpha value is -4.06. The predicted octanol–water partition coefficient (Wildman–Crippen LogP) is 4.83. The molecular weight excluding hydrogens is 348 g/mol. The van der Waals surface area contributed by atoms with Gasteiger partial charge in [0.2, 0.25) is 0 Å². The maximum absolute atomic E-state index is 4.61. The highest BCUT2D eigenvalue weighted by atomic mass is 15.0. The van der Waals surface area contributed by atoms with E-state index >= 15 is 0 Å². The summed E-state index contributed by atoms with van der Waals surface area (Å²) in [4.78, 5) is 20.9. The van der Waals surface area contributed by atoms with Gasteiger partial charge in [0.05, 0.1) is 17.4 Å².